The first-order valence-corrected chi connectivity index (χ1v) is 7.62. The number of nitrogens with zero attached hydrogens (tertiary/aromatic N) is 2. The third kappa shape index (κ3) is 5.37. The largest absolute Gasteiger partial charge is 0.348 e. The van der Waals surface area contributed by atoms with Gasteiger partial charge >= 0.3 is 0 Å². The summed E-state index contributed by atoms with van der Waals surface area (Å²) in [7, 11) is 0. The molecule has 1 aromatic carbocycles. The molecule has 1 aromatic heterocycles. The molecule has 126 valence electrons. The van der Waals surface area contributed by atoms with Crippen molar-refractivity contribution in [3.05, 3.63) is 47.8 Å². The number of aryl methyl sites for hydroxylation is 1. The molecule has 0 fully saturated rings. The van der Waals surface area contributed by atoms with Gasteiger partial charge in [0.05, 0.1) is 11.9 Å². The predicted octanol–water partition coefficient (Wildman–Crippen LogP) is 2.71. The van der Waals surface area contributed by atoms with E-state index < -0.39 is 0 Å². The van der Waals surface area contributed by atoms with Gasteiger partial charge in [-0.3, -0.25) is 4.79 Å². The summed E-state index contributed by atoms with van der Waals surface area (Å²) in [5.41, 5.74) is 8.39. The van der Waals surface area contributed by atoms with Gasteiger partial charge in [0.15, 0.2) is 0 Å². The number of aromatic nitrogens is 2. The number of nitrogens with one attached hydrogen (secondary N) is 1. The summed E-state index contributed by atoms with van der Waals surface area (Å²) in [5, 5.41) is 7.25. The summed E-state index contributed by atoms with van der Waals surface area (Å²) in [6.07, 6.45) is 4.63. The molecule has 5 nitrogen and oxygen atoms in total. The van der Waals surface area contributed by atoms with Crippen molar-refractivity contribution in [3.8, 4) is 5.69 Å². The van der Waals surface area contributed by atoms with E-state index in [0.29, 0.717) is 18.0 Å². The molecule has 2 rings (SSSR count). The number of carbonyl (C=O) groups excluding carboxylic acids is 1. The molecule has 23 heavy (non-hydrogen) atoms. The van der Waals surface area contributed by atoms with Crippen LogP contribution in [0.3, 0.4) is 0 Å². The molecule has 0 bridgehead atoms. The molecule has 1 atom stereocenters. The first-order valence-electron chi connectivity index (χ1n) is 7.62. The van der Waals surface area contributed by atoms with Gasteiger partial charge in [-0.15, -0.1) is 12.4 Å². The lowest BCUT2D eigenvalue weighted by molar-refractivity contribution is 0.0934. The molecular formula is C17H25ClN4O. The average Bonchev–Trinajstić information content (AvgIpc) is 2.92. The normalized spacial score (nSPS) is 11.9. The lowest BCUT2D eigenvalue weighted by Gasteiger charge is -2.18. The van der Waals surface area contributed by atoms with Crippen LogP contribution in [0.4, 0.5) is 0 Å². The van der Waals surface area contributed by atoms with Crippen molar-refractivity contribution in [2.75, 3.05) is 6.54 Å². The van der Waals surface area contributed by atoms with Crippen LogP contribution >= 0.6 is 12.4 Å². The van der Waals surface area contributed by atoms with Crippen molar-refractivity contribution in [2.45, 2.75) is 33.2 Å². The van der Waals surface area contributed by atoms with Gasteiger partial charge in [0, 0.05) is 24.3 Å². The van der Waals surface area contributed by atoms with E-state index in [1.165, 1.54) is 0 Å². The molecule has 0 aliphatic rings. The zero-order valence-corrected chi connectivity index (χ0v) is 14.6. The van der Waals surface area contributed by atoms with Crippen LogP contribution in [0.5, 0.6) is 0 Å². The molecule has 0 aliphatic heterocycles. The first kappa shape index (κ1) is 19.2. The van der Waals surface area contributed by atoms with E-state index in [-0.39, 0.29) is 24.4 Å². The van der Waals surface area contributed by atoms with Gasteiger partial charge in [-0.1, -0.05) is 13.8 Å². The summed E-state index contributed by atoms with van der Waals surface area (Å²) in [5.74, 6) is 0.415. The molecule has 1 heterocycles. The number of hydrogen-bond acceptors (Lipinski definition) is 3. The average molecular weight is 337 g/mol. The number of carbonyl (C=O) groups is 1. The molecule has 0 saturated heterocycles. The van der Waals surface area contributed by atoms with Gasteiger partial charge in [-0.05, 0) is 49.1 Å². The van der Waals surface area contributed by atoms with E-state index in [2.05, 4.69) is 24.3 Å². The van der Waals surface area contributed by atoms with Crippen molar-refractivity contribution < 1.29 is 4.79 Å². The van der Waals surface area contributed by atoms with Gasteiger partial charge in [-0.25, -0.2) is 4.68 Å². The van der Waals surface area contributed by atoms with Gasteiger partial charge in [-0.2, -0.15) is 5.10 Å². The summed E-state index contributed by atoms with van der Waals surface area (Å²) in [6, 6.07) is 7.42. The Labute approximate surface area is 143 Å². The van der Waals surface area contributed by atoms with Crippen LogP contribution in [0.2, 0.25) is 0 Å². The second-order valence-corrected chi connectivity index (χ2v) is 6.04. The molecule has 0 radical (unpaired) electrons. The molecule has 0 spiro atoms. The quantitative estimate of drug-likeness (QED) is 0.851. The molecule has 3 N–H and O–H groups in total. The van der Waals surface area contributed by atoms with Crippen LogP contribution in [-0.4, -0.2) is 28.3 Å². The van der Waals surface area contributed by atoms with E-state index in [1.807, 2.05) is 37.4 Å². The van der Waals surface area contributed by atoms with Gasteiger partial charge in [0.1, 0.15) is 0 Å². The maximum atomic E-state index is 12.3. The Hall–Kier alpha value is -1.85. The van der Waals surface area contributed by atoms with Crippen LogP contribution in [0.1, 0.15) is 36.2 Å². The zero-order chi connectivity index (χ0) is 16.1. The fraction of sp³-hybridized carbons (Fsp3) is 0.412. The number of amides is 1. The third-order valence-corrected chi connectivity index (χ3v) is 3.48. The fourth-order valence-corrected chi connectivity index (χ4v) is 2.37. The molecular weight excluding hydrogens is 312 g/mol. The Kier molecular flexibility index (Phi) is 7.26. The van der Waals surface area contributed by atoms with Crippen LogP contribution in [0.15, 0.2) is 36.7 Å². The van der Waals surface area contributed by atoms with Crippen molar-refractivity contribution >= 4 is 18.3 Å². The van der Waals surface area contributed by atoms with Crippen molar-refractivity contribution in [1.82, 2.24) is 15.1 Å². The van der Waals surface area contributed by atoms with E-state index in [1.54, 1.807) is 10.9 Å². The predicted molar refractivity (Wildman–Crippen MR) is 95.3 cm³/mol. The molecule has 0 saturated carbocycles. The van der Waals surface area contributed by atoms with Crippen LogP contribution in [0.25, 0.3) is 5.69 Å². The molecule has 6 heteroatoms. The first-order chi connectivity index (χ1) is 10.5. The van der Waals surface area contributed by atoms with Crippen molar-refractivity contribution in [1.29, 1.82) is 0 Å². The summed E-state index contributed by atoms with van der Waals surface area (Å²) in [4.78, 5) is 12.3. The third-order valence-electron chi connectivity index (χ3n) is 3.48. The van der Waals surface area contributed by atoms with Crippen molar-refractivity contribution in [2.24, 2.45) is 11.7 Å². The second kappa shape index (κ2) is 8.70. The number of nitrogens with two attached hydrogens (primary N) is 1. The van der Waals surface area contributed by atoms with E-state index in [4.69, 9.17) is 5.73 Å². The van der Waals surface area contributed by atoms with Crippen LogP contribution in [-0.2, 0) is 0 Å². The number of hydrogen-bond donors (Lipinski definition) is 2. The maximum absolute atomic E-state index is 12.3. The van der Waals surface area contributed by atoms with Crippen molar-refractivity contribution in [3.63, 3.8) is 0 Å². The van der Waals surface area contributed by atoms with E-state index in [0.717, 1.165) is 17.7 Å². The Morgan fingerprint density at radius 3 is 2.43 bits per heavy atom. The highest BCUT2D eigenvalue weighted by Gasteiger charge is 2.13. The summed E-state index contributed by atoms with van der Waals surface area (Å²) >= 11 is 0. The highest BCUT2D eigenvalue weighted by atomic mass is 35.5. The SMILES string of the molecule is Cc1cnn(-c2ccc(C(=O)NC(CN)CC(C)C)cc2)c1.Cl. The minimum absolute atomic E-state index is 0. The lowest BCUT2D eigenvalue weighted by atomic mass is 10.0. The smallest absolute Gasteiger partial charge is 0.251 e. The maximum Gasteiger partial charge on any atom is 0.251 e. The van der Waals surface area contributed by atoms with Gasteiger partial charge in [0.25, 0.3) is 5.91 Å². The number of benzene rings is 1. The Bertz CT molecular complexity index is 622. The van der Waals surface area contributed by atoms with Crippen LogP contribution < -0.4 is 11.1 Å². The Morgan fingerprint density at radius 1 is 1.30 bits per heavy atom. The highest BCUT2D eigenvalue weighted by molar-refractivity contribution is 5.94. The zero-order valence-electron chi connectivity index (χ0n) is 13.8. The summed E-state index contributed by atoms with van der Waals surface area (Å²) in [6.45, 7) is 6.69. The molecule has 0 aliphatic carbocycles. The number of rotatable bonds is 6. The second-order valence-electron chi connectivity index (χ2n) is 6.04. The van der Waals surface area contributed by atoms with Crippen LogP contribution in [0, 0.1) is 12.8 Å². The number of halogens is 1. The monoisotopic (exact) mass is 336 g/mol. The topological polar surface area (TPSA) is 72.9 Å². The lowest BCUT2D eigenvalue weighted by Crippen LogP contribution is -2.41. The Morgan fingerprint density at radius 2 is 1.96 bits per heavy atom. The minimum atomic E-state index is -0.0840. The van der Waals surface area contributed by atoms with E-state index in [9.17, 15) is 4.79 Å². The molecule has 1 unspecified atom stereocenters. The minimum Gasteiger partial charge on any atom is -0.348 e. The Balaban J connectivity index is 0.00000264. The highest BCUT2D eigenvalue weighted by Crippen LogP contribution is 2.11. The summed E-state index contributed by atoms with van der Waals surface area (Å²) < 4.78 is 1.79. The van der Waals surface area contributed by atoms with Gasteiger partial charge < -0.3 is 11.1 Å². The molecule has 1 amide bonds. The fourth-order valence-electron chi connectivity index (χ4n) is 2.37. The van der Waals surface area contributed by atoms with E-state index >= 15 is 0 Å². The molecule has 2 aromatic rings. The standard InChI is InChI=1S/C17H24N4O.ClH/c1-12(2)8-15(9-18)20-17(22)14-4-6-16(7-5-14)21-11-13(3)10-19-21;/h4-7,10-12,15H,8-9,18H2,1-3H3,(H,20,22);1H. The van der Waals surface area contributed by atoms with Gasteiger partial charge in [0.2, 0.25) is 0 Å².